The molecule has 4 heteroatoms. The van der Waals surface area contributed by atoms with Crippen LogP contribution in [0.3, 0.4) is 0 Å². The van der Waals surface area contributed by atoms with E-state index in [-0.39, 0.29) is 11.3 Å². The van der Waals surface area contributed by atoms with E-state index in [1.54, 1.807) is 4.90 Å². The second-order valence-electron chi connectivity index (χ2n) is 6.85. The maximum atomic E-state index is 12.6. The lowest BCUT2D eigenvalue weighted by molar-refractivity contribution is -0.0108. The molecule has 3 rings (SSSR count). The first-order chi connectivity index (χ1) is 8.82. The number of aliphatic hydroxyl groups is 1. The lowest BCUT2D eigenvalue weighted by atomic mass is 9.79. The van der Waals surface area contributed by atoms with E-state index in [4.69, 9.17) is 0 Å². The molecule has 19 heavy (non-hydrogen) atoms. The molecule has 1 N–H and O–H groups in total. The van der Waals surface area contributed by atoms with Crippen LogP contribution in [0.15, 0.2) is 18.3 Å². The van der Waals surface area contributed by atoms with E-state index < -0.39 is 5.60 Å². The standard InChI is InChI=1S/C15H22N2O2/c1-14(2)9-16(10-15(14,3)19)13(18)12-5-4-8-17(12)11-6-7-11/h4-5,8,11,19H,6-7,9-10H2,1-3H3. The van der Waals surface area contributed by atoms with Gasteiger partial charge in [0.25, 0.3) is 5.91 Å². The van der Waals surface area contributed by atoms with E-state index in [2.05, 4.69) is 4.57 Å². The highest BCUT2D eigenvalue weighted by molar-refractivity contribution is 5.93. The molecule has 2 aliphatic rings. The topological polar surface area (TPSA) is 45.5 Å². The molecule has 104 valence electrons. The SMILES string of the molecule is CC1(C)CN(C(=O)c2cccn2C2CC2)CC1(C)O. The molecule has 1 aromatic rings. The molecule has 1 aliphatic heterocycles. The zero-order valence-electron chi connectivity index (χ0n) is 11.9. The van der Waals surface area contributed by atoms with E-state index in [1.807, 2.05) is 39.1 Å². The van der Waals surface area contributed by atoms with Crippen LogP contribution < -0.4 is 0 Å². The van der Waals surface area contributed by atoms with Crippen molar-refractivity contribution in [2.45, 2.75) is 45.3 Å². The molecule has 0 bridgehead atoms. The van der Waals surface area contributed by atoms with Gasteiger partial charge in [0.1, 0.15) is 5.69 Å². The predicted octanol–water partition coefficient (Wildman–Crippen LogP) is 2.06. The number of amides is 1. The average Bonchev–Trinajstić information content (AvgIpc) is 2.98. The van der Waals surface area contributed by atoms with Crippen LogP contribution >= 0.6 is 0 Å². The third kappa shape index (κ3) is 1.98. The molecule has 0 spiro atoms. The van der Waals surface area contributed by atoms with E-state index in [1.165, 1.54) is 0 Å². The lowest BCUT2D eigenvalue weighted by Crippen LogP contribution is -2.40. The summed E-state index contributed by atoms with van der Waals surface area (Å²) < 4.78 is 2.09. The Kier molecular flexibility index (Phi) is 2.58. The molecule has 4 nitrogen and oxygen atoms in total. The average molecular weight is 262 g/mol. The fraction of sp³-hybridized carbons (Fsp3) is 0.667. The summed E-state index contributed by atoms with van der Waals surface area (Å²) in [5.74, 6) is 0.0442. The summed E-state index contributed by atoms with van der Waals surface area (Å²) in [5, 5.41) is 10.4. The first-order valence-electron chi connectivity index (χ1n) is 7.00. The molecule has 1 saturated heterocycles. The first kappa shape index (κ1) is 12.7. The van der Waals surface area contributed by atoms with Crippen molar-refractivity contribution in [2.24, 2.45) is 5.41 Å². The van der Waals surface area contributed by atoms with Crippen LogP contribution in [-0.4, -0.2) is 39.2 Å². The Morgan fingerprint density at radius 2 is 2.00 bits per heavy atom. The van der Waals surface area contributed by atoms with Gasteiger partial charge in [-0.2, -0.15) is 0 Å². The lowest BCUT2D eigenvalue weighted by Gasteiger charge is -2.30. The quantitative estimate of drug-likeness (QED) is 0.886. The third-order valence-corrected chi connectivity index (χ3v) is 4.77. The maximum absolute atomic E-state index is 12.6. The highest BCUT2D eigenvalue weighted by atomic mass is 16.3. The van der Waals surface area contributed by atoms with Gasteiger partial charge in [-0.3, -0.25) is 4.79 Å². The molecule has 1 aliphatic carbocycles. The van der Waals surface area contributed by atoms with Crippen molar-refractivity contribution in [3.63, 3.8) is 0 Å². The number of carbonyl (C=O) groups is 1. The number of rotatable bonds is 2. The Labute approximate surface area is 114 Å². The number of hydrogen-bond donors (Lipinski definition) is 1. The fourth-order valence-electron chi connectivity index (χ4n) is 2.84. The van der Waals surface area contributed by atoms with Crippen molar-refractivity contribution in [3.8, 4) is 0 Å². The Hall–Kier alpha value is -1.29. The first-order valence-corrected chi connectivity index (χ1v) is 7.00. The minimum Gasteiger partial charge on any atom is -0.388 e. The second kappa shape index (κ2) is 3.85. The van der Waals surface area contributed by atoms with Gasteiger partial charge in [-0.1, -0.05) is 13.8 Å². The normalized spacial score (nSPS) is 29.8. The van der Waals surface area contributed by atoms with Crippen LogP contribution in [0.25, 0.3) is 0 Å². The van der Waals surface area contributed by atoms with Gasteiger partial charge in [0, 0.05) is 24.2 Å². The Morgan fingerprint density at radius 3 is 2.53 bits per heavy atom. The Balaban J connectivity index is 1.84. The van der Waals surface area contributed by atoms with Crippen LogP contribution in [0.2, 0.25) is 0 Å². The number of β-amino-alcohol motifs (C(OH)–C–C–N with tert-alkyl or cyclic N) is 1. The molecule has 1 aromatic heterocycles. The highest BCUT2D eigenvalue weighted by Gasteiger charge is 2.49. The molecular formula is C15H22N2O2. The number of likely N-dealkylation sites (tertiary alicyclic amines) is 1. The van der Waals surface area contributed by atoms with Crippen molar-refractivity contribution in [1.29, 1.82) is 0 Å². The van der Waals surface area contributed by atoms with Gasteiger partial charge < -0.3 is 14.6 Å². The molecule has 0 radical (unpaired) electrons. The summed E-state index contributed by atoms with van der Waals surface area (Å²) in [6.07, 6.45) is 4.32. The van der Waals surface area contributed by atoms with Crippen LogP contribution in [0.1, 0.15) is 50.1 Å². The third-order valence-electron chi connectivity index (χ3n) is 4.77. The van der Waals surface area contributed by atoms with Crippen LogP contribution in [-0.2, 0) is 0 Å². The summed E-state index contributed by atoms with van der Waals surface area (Å²) >= 11 is 0. The van der Waals surface area contributed by atoms with Crippen LogP contribution in [0, 0.1) is 5.41 Å². The molecular weight excluding hydrogens is 240 g/mol. The van der Waals surface area contributed by atoms with E-state index >= 15 is 0 Å². The van der Waals surface area contributed by atoms with Gasteiger partial charge in [-0.05, 0) is 31.9 Å². The predicted molar refractivity (Wildman–Crippen MR) is 73.0 cm³/mol. The zero-order chi connectivity index (χ0) is 13.8. The molecule has 1 atom stereocenters. The number of hydrogen-bond acceptors (Lipinski definition) is 2. The molecule has 1 saturated carbocycles. The van der Waals surface area contributed by atoms with Crippen molar-refractivity contribution in [3.05, 3.63) is 24.0 Å². The van der Waals surface area contributed by atoms with Crippen LogP contribution in [0.5, 0.6) is 0 Å². The van der Waals surface area contributed by atoms with Crippen LogP contribution in [0.4, 0.5) is 0 Å². The van der Waals surface area contributed by atoms with Gasteiger partial charge in [-0.15, -0.1) is 0 Å². The molecule has 1 amide bonds. The second-order valence-corrected chi connectivity index (χ2v) is 6.85. The van der Waals surface area contributed by atoms with Crippen molar-refractivity contribution >= 4 is 5.91 Å². The summed E-state index contributed by atoms with van der Waals surface area (Å²) in [6.45, 7) is 6.87. The van der Waals surface area contributed by atoms with Crippen molar-refractivity contribution < 1.29 is 9.90 Å². The van der Waals surface area contributed by atoms with Crippen molar-refractivity contribution in [1.82, 2.24) is 9.47 Å². The Morgan fingerprint density at radius 1 is 1.32 bits per heavy atom. The fourth-order valence-corrected chi connectivity index (χ4v) is 2.84. The minimum absolute atomic E-state index is 0.0442. The number of nitrogens with zero attached hydrogens (tertiary/aromatic N) is 2. The van der Waals surface area contributed by atoms with E-state index in [0.29, 0.717) is 19.1 Å². The molecule has 2 heterocycles. The summed E-state index contributed by atoms with van der Waals surface area (Å²) in [5.41, 5.74) is -0.324. The molecule has 0 aromatic carbocycles. The molecule has 1 unspecified atom stereocenters. The van der Waals surface area contributed by atoms with Crippen molar-refractivity contribution in [2.75, 3.05) is 13.1 Å². The minimum atomic E-state index is -0.820. The van der Waals surface area contributed by atoms with Gasteiger partial charge in [0.15, 0.2) is 0 Å². The van der Waals surface area contributed by atoms with Gasteiger partial charge in [0.2, 0.25) is 0 Å². The summed E-state index contributed by atoms with van der Waals surface area (Å²) in [4.78, 5) is 14.4. The van der Waals surface area contributed by atoms with E-state index in [9.17, 15) is 9.90 Å². The smallest absolute Gasteiger partial charge is 0.270 e. The zero-order valence-corrected chi connectivity index (χ0v) is 11.9. The number of aromatic nitrogens is 1. The number of carbonyl (C=O) groups excluding carboxylic acids is 1. The van der Waals surface area contributed by atoms with Gasteiger partial charge in [0.05, 0.1) is 12.1 Å². The summed E-state index contributed by atoms with van der Waals surface area (Å²) in [6, 6.07) is 4.33. The van der Waals surface area contributed by atoms with Gasteiger partial charge >= 0.3 is 0 Å². The maximum Gasteiger partial charge on any atom is 0.270 e. The summed E-state index contributed by atoms with van der Waals surface area (Å²) in [7, 11) is 0. The molecule has 2 fully saturated rings. The highest BCUT2D eigenvalue weighted by Crippen LogP contribution is 2.40. The Bertz CT molecular complexity index is 496. The van der Waals surface area contributed by atoms with Gasteiger partial charge in [-0.25, -0.2) is 0 Å². The van der Waals surface area contributed by atoms with E-state index in [0.717, 1.165) is 18.5 Å². The largest absolute Gasteiger partial charge is 0.388 e. The monoisotopic (exact) mass is 262 g/mol.